The quantitative estimate of drug-likeness (QED) is 0.485. The van der Waals surface area contributed by atoms with Gasteiger partial charge in [0.15, 0.2) is 5.78 Å². The van der Waals surface area contributed by atoms with Crippen molar-refractivity contribution in [2.45, 2.75) is 39.3 Å². The second-order valence-electron chi connectivity index (χ2n) is 10.3. The Hall–Kier alpha value is -3.93. The maximum Gasteiger partial charge on any atom is 0.239 e. The zero-order valence-electron chi connectivity index (χ0n) is 20.6. The molecule has 2 aliphatic rings. The molecule has 1 aliphatic heterocycles. The Bertz CT molecular complexity index is 1320. The van der Waals surface area contributed by atoms with Gasteiger partial charge in [0.05, 0.1) is 24.0 Å². The molecule has 1 aliphatic carbocycles. The number of fused-ring (bicyclic) bond motifs is 1. The normalized spacial score (nSPS) is 18.6. The molecule has 0 saturated heterocycles. The first-order valence-corrected chi connectivity index (χ1v) is 12.3. The Labute approximate surface area is 211 Å². The molecule has 3 aromatic carbocycles. The number of Topliss-reactive ketones (excluding diaryl/α,β-unsaturated/α-hetero) is 1. The monoisotopic (exact) mass is 483 g/mol. The van der Waals surface area contributed by atoms with Gasteiger partial charge in [0.2, 0.25) is 5.91 Å². The lowest BCUT2D eigenvalue weighted by molar-refractivity contribution is -0.120. The van der Waals surface area contributed by atoms with Gasteiger partial charge < -0.3 is 15.5 Å². The van der Waals surface area contributed by atoms with Gasteiger partial charge >= 0.3 is 0 Å². The van der Waals surface area contributed by atoms with Crippen LogP contribution in [0.4, 0.5) is 15.8 Å². The molecule has 1 heterocycles. The maximum absolute atomic E-state index is 13.6. The third-order valence-electron chi connectivity index (χ3n) is 6.84. The van der Waals surface area contributed by atoms with Crippen molar-refractivity contribution in [3.63, 3.8) is 0 Å². The highest BCUT2D eigenvalue weighted by molar-refractivity contribution is 6.01. The highest BCUT2D eigenvalue weighted by atomic mass is 19.1. The number of carbonyl (C=O) groups is 2. The van der Waals surface area contributed by atoms with Crippen molar-refractivity contribution >= 4 is 23.1 Å². The average Bonchev–Trinajstić information content (AvgIpc) is 2.98. The van der Waals surface area contributed by atoms with E-state index >= 15 is 0 Å². The first-order chi connectivity index (χ1) is 17.3. The molecule has 184 valence electrons. The summed E-state index contributed by atoms with van der Waals surface area (Å²) in [7, 11) is 0. The molecule has 5 nitrogen and oxygen atoms in total. The Morgan fingerprint density at radius 3 is 2.44 bits per heavy atom. The number of hydrogen-bond donors (Lipinski definition) is 2. The number of nitrogens with zero attached hydrogens (tertiary/aromatic N) is 1. The van der Waals surface area contributed by atoms with Gasteiger partial charge in [-0.1, -0.05) is 68.4 Å². The molecule has 1 atom stereocenters. The molecule has 6 heteroatoms. The van der Waals surface area contributed by atoms with Crippen LogP contribution in [0.3, 0.4) is 0 Å². The molecule has 0 bridgehead atoms. The molecule has 0 radical (unpaired) electrons. The molecule has 0 aromatic heterocycles. The van der Waals surface area contributed by atoms with Crippen LogP contribution in [0, 0.1) is 11.2 Å². The van der Waals surface area contributed by atoms with E-state index in [0.29, 0.717) is 13.0 Å². The van der Waals surface area contributed by atoms with Crippen molar-refractivity contribution in [3.05, 3.63) is 107 Å². The topological polar surface area (TPSA) is 61.4 Å². The largest absolute Gasteiger partial charge is 0.357 e. The summed E-state index contributed by atoms with van der Waals surface area (Å²) < 4.78 is 13.3. The number of carbonyl (C=O) groups excluding carboxylic acids is 2. The molecule has 1 unspecified atom stereocenters. The van der Waals surface area contributed by atoms with Gasteiger partial charge in [0.1, 0.15) is 5.82 Å². The van der Waals surface area contributed by atoms with Crippen LogP contribution in [-0.2, 0) is 16.1 Å². The molecule has 0 fully saturated rings. The second kappa shape index (κ2) is 9.61. The van der Waals surface area contributed by atoms with Crippen LogP contribution in [0.15, 0.2) is 90.1 Å². The summed E-state index contributed by atoms with van der Waals surface area (Å²) in [6, 6.07) is 23.5. The molecule has 2 N–H and O–H groups in total. The van der Waals surface area contributed by atoms with E-state index in [4.69, 9.17) is 0 Å². The standard InChI is InChI=1S/C30H30FN3O2/c1-30(2)16-24-28(26(35)17-30)29(21-8-4-3-5-9-21)34(25-11-7-6-10-23(25)33-24)19-27(36)32-18-20-12-14-22(31)15-13-20/h3-15,29,33H,16-19H2,1-2H3,(H,32,36). The van der Waals surface area contributed by atoms with Gasteiger partial charge in [-0.2, -0.15) is 0 Å². The molecule has 36 heavy (non-hydrogen) atoms. The Morgan fingerprint density at radius 2 is 1.69 bits per heavy atom. The number of hydrogen-bond acceptors (Lipinski definition) is 4. The summed E-state index contributed by atoms with van der Waals surface area (Å²) in [6.07, 6.45) is 1.20. The Morgan fingerprint density at radius 1 is 1.00 bits per heavy atom. The number of halogens is 1. The second-order valence-corrected chi connectivity index (χ2v) is 10.3. The van der Waals surface area contributed by atoms with Crippen LogP contribution >= 0.6 is 0 Å². The summed E-state index contributed by atoms with van der Waals surface area (Å²) in [5.74, 6) is -0.385. The summed E-state index contributed by atoms with van der Waals surface area (Å²) >= 11 is 0. The first-order valence-electron chi connectivity index (χ1n) is 12.3. The number of nitrogens with one attached hydrogen (secondary N) is 2. The third kappa shape index (κ3) is 4.89. The van der Waals surface area contributed by atoms with Gasteiger partial charge in [-0.3, -0.25) is 9.59 Å². The van der Waals surface area contributed by atoms with Crippen molar-refractivity contribution in [3.8, 4) is 0 Å². The predicted molar refractivity (Wildman–Crippen MR) is 140 cm³/mol. The number of rotatable bonds is 5. The minimum atomic E-state index is -0.405. The molecule has 1 amide bonds. The zero-order valence-corrected chi connectivity index (χ0v) is 20.6. The smallest absolute Gasteiger partial charge is 0.239 e. The third-order valence-corrected chi connectivity index (χ3v) is 6.84. The Kier molecular flexibility index (Phi) is 6.35. The molecular formula is C30H30FN3O2. The van der Waals surface area contributed by atoms with E-state index in [1.54, 1.807) is 12.1 Å². The molecule has 0 saturated carbocycles. The fourth-order valence-electron chi connectivity index (χ4n) is 5.22. The van der Waals surface area contributed by atoms with Crippen LogP contribution in [0.5, 0.6) is 0 Å². The molecular weight excluding hydrogens is 453 g/mol. The summed E-state index contributed by atoms with van der Waals surface area (Å²) in [4.78, 5) is 28.9. The van der Waals surface area contributed by atoms with Crippen LogP contribution < -0.4 is 15.5 Å². The number of ketones is 1. The van der Waals surface area contributed by atoms with Gasteiger partial charge in [0, 0.05) is 24.2 Å². The summed E-state index contributed by atoms with van der Waals surface area (Å²) in [5, 5.41) is 6.52. The van der Waals surface area contributed by atoms with Crippen LogP contribution in [-0.4, -0.2) is 18.2 Å². The number of benzene rings is 3. The number of allylic oxidation sites excluding steroid dienone is 1. The summed E-state index contributed by atoms with van der Waals surface area (Å²) in [6.45, 7) is 4.59. The van der Waals surface area contributed by atoms with Gasteiger partial charge in [0.25, 0.3) is 0 Å². The number of anilines is 2. The summed E-state index contributed by atoms with van der Waals surface area (Å²) in [5.41, 5.74) is 5.01. The lowest BCUT2D eigenvalue weighted by Gasteiger charge is -2.37. The van der Waals surface area contributed by atoms with E-state index in [9.17, 15) is 14.0 Å². The van der Waals surface area contributed by atoms with Gasteiger partial charge in [-0.05, 0) is 47.2 Å². The number of amides is 1. The SMILES string of the molecule is CC1(C)CC(=O)C2=C(C1)Nc1ccccc1N(CC(=O)NCc1ccc(F)cc1)C2c1ccccc1. The zero-order chi connectivity index (χ0) is 25.3. The van der Waals surface area contributed by atoms with Crippen LogP contribution in [0.25, 0.3) is 0 Å². The van der Waals surface area contributed by atoms with E-state index in [1.165, 1.54) is 12.1 Å². The Balaban J connectivity index is 1.54. The molecule has 3 aromatic rings. The van der Waals surface area contributed by atoms with Crippen molar-refractivity contribution in [2.75, 3.05) is 16.8 Å². The lowest BCUT2D eigenvalue weighted by Crippen LogP contribution is -2.41. The van der Waals surface area contributed by atoms with E-state index in [0.717, 1.165) is 40.2 Å². The predicted octanol–water partition coefficient (Wildman–Crippen LogP) is 5.76. The van der Waals surface area contributed by atoms with Crippen LogP contribution in [0.2, 0.25) is 0 Å². The maximum atomic E-state index is 13.6. The van der Waals surface area contributed by atoms with Crippen molar-refractivity contribution in [2.24, 2.45) is 5.41 Å². The fraction of sp³-hybridized carbons (Fsp3) is 0.267. The molecule has 0 spiro atoms. The van der Waals surface area contributed by atoms with Crippen molar-refractivity contribution in [1.29, 1.82) is 0 Å². The first kappa shape index (κ1) is 23.8. The lowest BCUT2D eigenvalue weighted by atomic mass is 9.73. The van der Waals surface area contributed by atoms with Crippen molar-refractivity contribution < 1.29 is 14.0 Å². The highest BCUT2D eigenvalue weighted by Crippen LogP contribution is 2.48. The van der Waals surface area contributed by atoms with Gasteiger partial charge in [-0.15, -0.1) is 0 Å². The van der Waals surface area contributed by atoms with E-state index in [1.807, 2.05) is 59.5 Å². The average molecular weight is 484 g/mol. The van der Waals surface area contributed by atoms with Crippen molar-refractivity contribution in [1.82, 2.24) is 5.32 Å². The fourth-order valence-corrected chi connectivity index (χ4v) is 5.22. The van der Waals surface area contributed by atoms with E-state index in [2.05, 4.69) is 24.5 Å². The minimum absolute atomic E-state index is 0.0624. The highest BCUT2D eigenvalue weighted by Gasteiger charge is 2.41. The van der Waals surface area contributed by atoms with Crippen LogP contribution in [0.1, 0.15) is 43.9 Å². The minimum Gasteiger partial charge on any atom is -0.357 e. The van der Waals surface area contributed by atoms with Gasteiger partial charge in [-0.25, -0.2) is 4.39 Å². The van der Waals surface area contributed by atoms with E-state index in [-0.39, 0.29) is 29.5 Å². The van der Waals surface area contributed by atoms with E-state index < -0.39 is 6.04 Å². The number of para-hydroxylation sites is 2. The molecule has 5 rings (SSSR count).